The molecule has 1 amide bonds. The van der Waals surface area contributed by atoms with Crippen molar-refractivity contribution in [2.45, 2.75) is 18.9 Å². The van der Waals surface area contributed by atoms with Crippen molar-refractivity contribution in [2.24, 2.45) is 0 Å². The van der Waals surface area contributed by atoms with E-state index < -0.39 is 0 Å². The lowest BCUT2D eigenvalue weighted by molar-refractivity contribution is 0.0644. The maximum Gasteiger partial charge on any atom is 0.289 e. The standard InChI is InChI=1S/C10H12BrNO3/c11-9-4-3-8(15-9)10(14)12-5-1-2-7(12)6-13/h3-4,7,13H,1-2,5-6H2/t7-/m0/s1. The summed E-state index contributed by atoms with van der Waals surface area (Å²) in [5.74, 6) is 0.180. The van der Waals surface area contributed by atoms with Crippen molar-refractivity contribution in [3.05, 3.63) is 22.6 Å². The minimum atomic E-state index is -0.141. The number of nitrogens with zero attached hydrogens (tertiary/aromatic N) is 1. The first-order valence-electron chi connectivity index (χ1n) is 4.89. The Morgan fingerprint density at radius 3 is 3.07 bits per heavy atom. The maximum atomic E-state index is 11.9. The van der Waals surface area contributed by atoms with Crippen LogP contribution in [-0.4, -0.2) is 35.1 Å². The van der Waals surface area contributed by atoms with Crippen molar-refractivity contribution in [1.82, 2.24) is 4.90 Å². The summed E-state index contributed by atoms with van der Waals surface area (Å²) in [5.41, 5.74) is 0. The monoisotopic (exact) mass is 273 g/mol. The van der Waals surface area contributed by atoms with Crippen LogP contribution >= 0.6 is 15.9 Å². The van der Waals surface area contributed by atoms with E-state index in [9.17, 15) is 4.79 Å². The Hall–Kier alpha value is -0.810. The average molecular weight is 274 g/mol. The van der Waals surface area contributed by atoms with Gasteiger partial charge in [0.2, 0.25) is 0 Å². The molecular formula is C10H12BrNO3. The molecule has 82 valence electrons. The molecule has 1 aliphatic heterocycles. The van der Waals surface area contributed by atoms with E-state index in [0.29, 0.717) is 17.0 Å². The number of furan rings is 1. The topological polar surface area (TPSA) is 53.7 Å². The summed E-state index contributed by atoms with van der Waals surface area (Å²) in [7, 11) is 0. The van der Waals surface area contributed by atoms with Crippen LogP contribution in [0.2, 0.25) is 0 Å². The summed E-state index contributed by atoms with van der Waals surface area (Å²) in [5, 5.41) is 9.10. The molecule has 0 aromatic carbocycles. The van der Waals surface area contributed by atoms with Gasteiger partial charge in [-0.2, -0.15) is 0 Å². The molecule has 1 aliphatic rings. The number of aliphatic hydroxyl groups is 1. The Morgan fingerprint density at radius 2 is 2.47 bits per heavy atom. The van der Waals surface area contributed by atoms with E-state index in [0.717, 1.165) is 12.8 Å². The molecule has 1 saturated heterocycles. The second-order valence-electron chi connectivity index (χ2n) is 3.58. The molecule has 4 nitrogen and oxygen atoms in total. The third-order valence-corrected chi connectivity index (χ3v) is 3.06. The molecule has 0 aliphatic carbocycles. The van der Waals surface area contributed by atoms with E-state index in [1.54, 1.807) is 17.0 Å². The zero-order valence-corrected chi connectivity index (χ0v) is 9.74. The van der Waals surface area contributed by atoms with Gasteiger partial charge in [-0.1, -0.05) is 0 Å². The third kappa shape index (κ3) is 2.08. The van der Waals surface area contributed by atoms with Crippen LogP contribution in [0, 0.1) is 0 Å². The molecule has 0 bridgehead atoms. The molecule has 0 radical (unpaired) electrons. The minimum Gasteiger partial charge on any atom is -0.444 e. The maximum absolute atomic E-state index is 11.9. The number of amides is 1. The first kappa shape index (κ1) is 10.7. The van der Waals surface area contributed by atoms with Gasteiger partial charge in [0.25, 0.3) is 5.91 Å². The summed E-state index contributed by atoms with van der Waals surface area (Å²) in [6.45, 7) is 0.718. The van der Waals surface area contributed by atoms with Gasteiger partial charge in [0.05, 0.1) is 12.6 Å². The van der Waals surface area contributed by atoms with Gasteiger partial charge in [-0.3, -0.25) is 4.79 Å². The Labute approximate surface area is 96.0 Å². The Bertz CT molecular complexity index is 363. The molecule has 0 saturated carbocycles. The summed E-state index contributed by atoms with van der Waals surface area (Å²) < 4.78 is 5.74. The van der Waals surface area contributed by atoms with Crippen molar-refractivity contribution in [3.63, 3.8) is 0 Å². The zero-order valence-electron chi connectivity index (χ0n) is 8.15. The lowest BCUT2D eigenvalue weighted by Crippen LogP contribution is -2.37. The highest BCUT2D eigenvalue weighted by Crippen LogP contribution is 2.22. The smallest absolute Gasteiger partial charge is 0.289 e. The highest BCUT2D eigenvalue weighted by Gasteiger charge is 2.30. The molecule has 1 N–H and O–H groups in total. The average Bonchev–Trinajstić information content (AvgIpc) is 2.84. The fourth-order valence-electron chi connectivity index (χ4n) is 1.86. The summed E-state index contributed by atoms with van der Waals surface area (Å²) in [4.78, 5) is 13.6. The number of aliphatic hydroxyl groups excluding tert-OH is 1. The van der Waals surface area contributed by atoms with Crippen molar-refractivity contribution in [2.75, 3.05) is 13.2 Å². The highest BCUT2D eigenvalue weighted by molar-refractivity contribution is 9.10. The summed E-state index contributed by atoms with van der Waals surface area (Å²) in [6, 6.07) is 3.28. The second-order valence-corrected chi connectivity index (χ2v) is 4.36. The molecule has 1 fully saturated rings. The first-order valence-corrected chi connectivity index (χ1v) is 5.69. The number of hydrogen-bond donors (Lipinski definition) is 1. The van der Waals surface area contributed by atoms with E-state index in [4.69, 9.17) is 9.52 Å². The van der Waals surface area contributed by atoms with Crippen LogP contribution in [0.5, 0.6) is 0 Å². The molecule has 5 heteroatoms. The van der Waals surface area contributed by atoms with Crippen LogP contribution in [0.1, 0.15) is 23.4 Å². The SMILES string of the molecule is O=C(c1ccc(Br)o1)N1CCC[C@H]1CO. The molecule has 1 aromatic rings. The summed E-state index contributed by atoms with van der Waals surface area (Å²) in [6.07, 6.45) is 1.81. The largest absolute Gasteiger partial charge is 0.444 e. The van der Waals surface area contributed by atoms with Gasteiger partial charge < -0.3 is 14.4 Å². The Balaban J connectivity index is 2.13. The minimum absolute atomic E-state index is 0.0214. The molecular weight excluding hydrogens is 262 g/mol. The summed E-state index contributed by atoms with van der Waals surface area (Å²) >= 11 is 3.15. The third-order valence-electron chi connectivity index (χ3n) is 2.63. The number of halogens is 1. The number of hydrogen-bond acceptors (Lipinski definition) is 3. The van der Waals surface area contributed by atoms with Gasteiger partial charge in [0.1, 0.15) is 0 Å². The van der Waals surface area contributed by atoms with Crippen molar-refractivity contribution >= 4 is 21.8 Å². The normalized spacial score (nSPS) is 20.9. The van der Waals surface area contributed by atoms with Crippen molar-refractivity contribution in [1.29, 1.82) is 0 Å². The predicted octanol–water partition coefficient (Wildman–Crippen LogP) is 1.64. The van der Waals surface area contributed by atoms with Crippen molar-refractivity contribution in [3.8, 4) is 0 Å². The number of carbonyl (C=O) groups is 1. The van der Waals surface area contributed by atoms with E-state index in [2.05, 4.69) is 15.9 Å². The molecule has 0 unspecified atom stereocenters. The predicted molar refractivity (Wildman–Crippen MR) is 57.6 cm³/mol. The van der Waals surface area contributed by atoms with E-state index in [-0.39, 0.29) is 18.6 Å². The number of rotatable bonds is 2. The van der Waals surface area contributed by atoms with Crippen molar-refractivity contribution < 1.29 is 14.3 Å². The molecule has 2 rings (SSSR count). The molecule has 1 atom stereocenters. The van der Waals surface area contributed by atoms with Gasteiger partial charge in [-0.05, 0) is 40.9 Å². The van der Waals surface area contributed by atoms with Gasteiger partial charge in [0.15, 0.2) is 10.4 Å². The number of carbonyl (C=O) groups excluding carboxylic acids is 1. The van der Waals surface area contributed by atoms with Crippen LogP contribution in [0.4, 0.5) is 0 Å². The number of likely N-dealkylation sites (tertiary alicyclic amines) is 1. The molecule has 15 heavy (non-hydrogen) atoms. The first-order chi connectivity index (χ1) is 7.22. The molecule has 1 aromatic heterocycles. The second kappa shape index (κ2) is 4.37. The lowest BCUT2D eigenvalue weighted by atomic mass is 10.2. The van der Waals surface area contributed by atoms with Crippen LogP contribution < -0.4 is 0 Å². The Morgan fingerprint density at radius 1 is 1.67 bits per heavy atom. The Kier molecular flexibility index (Phi) is 3.11. The quantitative estimate of drug-likeness (QED) is 0.892. The highest BCUT2D eigenvalue weighted by atomic mass is 79.9. The molecule has 0 spiro atoms. The molecule has 2 heterocycles. The van der Waals surface area contributed by atoms with Crippen LogP contribution in [0.25, 0.3) is 0 Å². The van der Waals surface area contributed by atoms with Crippen LogP contribution in [0.3, 0.4) is 0 Å². The fourth-order valence-corrected chi connectivity index (χ4v) is 2.17. The zero-order chi connectivity index (χ0) is 10.8. The van der Waals surface area contributed by atoms with E-state index in [1.165, 1.54) is 0 Å². The van der Waals surface area contributed by atoms with E-state index >= 15 is 0 Å². The van der Waals surface area contributed by atoms with Gasteiger partial charge in [-0.25, -0.2) is 0 Å². The fraction of sp³-hybridized carbons (Fsp3) is 0.500. The van der Waals surface area contributed by atoms with Crippen LogP contribution in [0.15, 0.2) is 21.2 Å². The lowest BCUT2D eigenvalue weighted by Gasteiger charge is -2.21. The van der Waals surface area contributed by atoms with Gasteiger partial charge in [0, 0.05) is 6.54 Å². The van der Waals surface area contributed by atoms with Gasteiger partial charge >= 0.3 is 0 Å². The van der Waals surface area contributed by atoms with Gasteiger partial charge in [-0.15, -0.1) is 0 Å². The van der Waals surface area contributed by atoms with E-state index in [1.807, 2.05) is 0 Å². The van der Waals surface area contributed by atoms with Crippen LogP contribution in [-0.2, 0) is 0 Å².